The van der Waals surface area contributed by atoms with Gasteiger partial charge in [0.25, 0.3) is 0 Å². The van der Waals surface area contributed by atoms with Crippen molar-refractivity contribution in [3.05, 3.63) is 54.1 Å². The Morgan fingerprint density at radius 3 is 2.67 bits per heavy atom. The molecule has 1 atom stereocenters. The Kier molecular flexibility index (Phi) is 6.26. The van der Waals surface area contributed by atoms with Gasteiger partial charge in [0, 0.05) is 42.6 Å². The van der Waals surface area contributed by atoms with Crippen molar-refractivity contribution in [2.24, 2.45) is 0 Å². The zero-order chi connectivity index (χ0) is 21.1. The second kappa shape index (κ2) is 8.75. The first kappa shape index (κ1) is 21.4. The number of aromatic nitrogens is 2. The molecular weight excluding hydrogens is 396 g/mol. The monoisotopic (exact) mass is 428 g/mol. The van der Waals surface area contributed by atoms with E-state index in [0.29, 0.717) is 4.90 Å². The molecule has 6 heteroatoms. The summed E-state index contributed by atoms with van der Waals surface area (Å²) in [6, 6.07) is 8.04. The van der Waals surface area contributed by atoms with E-state index in [0.717, 1.165) is 50.7 Å². The summed E-state index contributed by atoms with van der Waals surface area (Å²) in [7, 11) is -3.22. The molecule has 2 aliphatic rings. The molecule has 0 aromatic carbocycles. The van der Waals surface area contributed by atoms with E-state index in [1.54, 1.807) is 12.3 Å². The van der Waals surface area contributed by atoms with Crippen molar-refractivity contribution in [2.75, 3.05) is 12.9 Å². The van der Waals surface area contributed by atoms with E-state index in [9.17, 15) is 8.42 Å². The third-order valence-corrected chi connectivity index (χ3v) is 8.02. The predicted molar refractivity (Wildman–Crippen MR) is 117 cm³/mol. The lowest BCUT2D eigenvalue weighted by Gasteiger charge is -2.46. The fourth-order valence-corrected chi connectivity index (χ4v) is 6.01. The average Bonchev–Trinajstić information content (AvgIpc) is 3.19. The zero-order valence-electron chi connectivity index (χ0n) is 17.8. The first-order valence-corrected chi connectivity index (χ1v) is 13.0. The van der Waals surface area contributed by atoms with Crippen molar-refractivity contribution >= 4 is 9.84 Å². The van der Waals surface area contributed by atoms with Crippen LogP contribution in [0.4, 0.5) is 0 Å². The summed E-state index contributed by atoms with van der Waals surface area (Å²) in [6.07, 6.45) is 17.4. The molecule has 0 N–H and O–H groups in total. The van der Waals surface area contributed by atoms with Gasteiger partial charge in [-0.15, -0.1) is 0 Å². The van der Waals surface area contributed by atoms with Crippen LogP contribution in [0.2, 0.25) is 0 Å². The summed E-state index contributed by atoms with van der Waals surface area (Å²) < 4.78 is 29.9. The van der Waals surface area contributed by atoms with Gasteiger partial charge in [0.1, 0.15) is 0 Å². The number of hydrogen-bond donors (Lipinski definition) is 0. The van der Waals surface area contributed by atoms with Crippen LogP contribution in [0.25, 0.3) is 0 Å². The van der Waals surface area contributed by atoms with E-state index < -0.39 is 9.84 Å². The van der Waals surface area contributed by atoms with Crippen LogP contribution in [0, 0.1) is 0 Å². The van der Waals surface area contributed by atoms with Crippen molar-refractivity contribution in [3.8, 4) is 0 Å². The van der Waals surface area contributed by atoms with E-state index in [-0.39, 0.29) is 11.0 Å². The predicted octanol–water partition coefficient (Wildman–Crippen LogP) is 4.65. The Bertz CT molecular complexity index is 955. The minimum Gasteiger partial charge on any atom is -0.375 e. The number of unbranched alkanes of at least 4 members (excludes halogenated alkanes) is 1. The lowest BCUT2D eigenvalue weighted by molar-refractivity contribution is -0.104. The molecule has 1 saturated carbocycles. The summed E-state index contributed by atoms with van der Waals surface area (Å²) in [6.45, 7) is 0.816. The lowest BCUT2D eigenvalue weighted by Crippen LogP contribution is -2.46. The van der Waals surface area contributed by atoms with Gasteiger partial charge in [-0.05, 0) is 68.7 Å². The fourth-order valence-electron chi connectivity index (χ4n) is 5.39. The lowest BCUT2D eigenvalue weighted by atomic mass is 9.67. The highest BCUT2D eigenvalue weighted by Crippen LogP contribution is 2.50. The molecule has 0 radical (unpaired) electrons. The normalized spacial score (nSPS) is 23.6. The number of nitrogens with zero attached hydrogens (tertiary/aromatic N) is 2. The van der Waals surface area contributed by atoms with Crippen molar-refractivity contribution in [3.63, 3.8) is 0 Å². The van der Waals surface area contributed by atoms with E-state index in [1.807, 2.05) is 12.3 Å². The largest absolute Gasteiger partial charge is 0.375 e. The molecule has 5 nitrogen and oxygen atoms in total. The van der Waals surface area contributed by atoms with Crippen molar-refractivity contribution < 1.29 is 13.2 Å². The summed E-state index contributed by atoms with van der Waals surface area (Å²) >= 11 is 0. The number of ether oxygens (including phenoxy) is 1. The minimum absolute atomic E-state index is 0.0451. The Morgan fingerprint density at radius 1 is 1.10 bits per heavy atom. The van der Waals surface area contributed by atoms with Gasteiger partial charge in [-0.3, -0.25) is 9.97 Å². The van der Waals surface area contributed by atoms with Crippen LogP contribution in [0.5, 0.6) is 0 Å². The van der Waals surface area contributed by atoms with E-state index in [2.05, 4.69) is 17.1 Å². The van der Waals surface area contributed by atoms with Crippen LogP contribution in [0.15, 0.2) is 47.8 Å². The molecule has 1 spiro atoms. The van der Waals surface area contributed by atoms with Crippen molar-refractivity contribution in [1.29, 1.82) is 0 Å². The number of hydrogen-bond acceptors (Lipinski definition) is 5. The zero-order valence-corrected chi connectivity index (χ0v) is 18.7. The Balaban J connectivity index is 1.45. The molecule has 0 amide bonds. The molecule has 3 heterocycles. The maximum atomic E-state index is 11.8. The maximum Gasteiger partial charge on any atom is 0.177 e. The van der Waals surface area contributed by atoms with Crippen LogP contribution in [-0.2, 0) is 26.4 Å². The van der Waals surface area contributed by atoms with Crippen LogP contribution >= 0.6 is 0 Å². The van der Waals surface area contributed by atoms with Gasteiger partial charge in [0.05, 0.1) is 10.5 Å². The number of rotatable bonds is 7. The minimum atomic E-state index is -3.22. The topological polar surface area (TPSA) is 69.2 Å². The number of sulfone groups is 1. The van der Waals surface area contributed by atoms with E-state index in [1.165, 1.54) is 43.8 Å². The van der Waals surface area contributed by atoms with Crippen LogP contribution in [0.3, 0.4) is 0 Å². The fraction of sp³-hybridized carbons (Fsp3) is 0.583. The van der Waals surface area contributed by atoms with Gasteiger partial charge in [0.2, 0.25) is 0 Å². The molecule has 2 fully saturated rings. The van der Waals surface area contributed by atoms with Gasteiger partial charge in [-0.25, -0.2) is 8.42 Å². The number of pyridine rings is 2. The molecule has 1 aliphatic heterocycles. The SMILES string of the molecule is CS(=O)(=O)c1cncc(CCCC[C@@]2(c3ccccn3)CCOC3(CCCC3)C2)c1. The first-order valence-electron chi connectivity index (χ1n) is 11.1. The van der Waals surface area contributed by atoms with Crippen LogP contribution < -0.4 is 0 Å². The molecule has 30 heavy (non-hydrogen) atoms. The smallest absolute Gasteiger partial charge is 0.177 e. The summed E-state index contributed by atoms with van der Waals surface area (Å²) in [5.74, 6) is 0. The molecule has 1 saturated heterocycles. The molecule has 0 unspecified atom stereocenters. The maximum absolute atomic E-state index is 11.8. The van der Waals surface area contributed by atoms with Gasteiger partial charge in [-0.2, -0.15) is 0 Å². The summed E-state index contributed by atoms with van der Waals surface area (Å²) in [5, 5.41) is 0. The molecular formula is C24H32N2O3S. The standard InChI is InChI=1S/C24H32N2O3S/c1-30(27,28)21-16-20(17-25-18-21)8-2-4-10-23(22-9-3-7-14-26-22)13-15-29-24(19-23)11-5-6-12-24/h3,7,9,14,16-18H,2,4-6,8,10-13,15,19H2,1H3/t23-/m1/s1. The second-order valence-corrected chi connectivity index (χ2v) is 11.2. The number of aryl methyl sites for hydroxylation is 1. The van der Waals surface area contributed by atoms with Crippen molar-refractivity contribution in [2.45, 2.75) is 80.1 Å². The van der Waals surface area contributed by atoms with Crippen LogP contribution in [-0.4, -0.2) is 36.8 Å². The van der Waals surface area contributed by atoms with Gasteiger partial charge >= 0.3 is 0 Å². The quantitative estimate of drug-likeness (QED) is 0.600. The summed E-state index contributed by atoms with van der Waals surface area (Å²) in [4.78, 5) is 9.20. The highest BCUT2D eigenvalue weighted by atomic mass is 32.2. The average molecular weight is 429 g/mol. The van der Waals surface area contributed by atoms with Gasteiger partial charge < -0.3 is 4.74 Å². The Hall–Kier alpha value is -1.79. The van der Waals surface area contributed by atoms with Crippen LogP contribution in [0.1, 0.15) is 69.0 Å². The Labute approximate surface area is 180 Å². The molecule has 162 valence electrons. The molecule has 4 rings (SSSR count). The Morgan fingerprint density at radius 2 is 1.93 bits per heavy atom. The van der Waals surface area contributed by atoms with Gasteiger partial charge in [0.15, 0.2) is 9.84 Å². The summed E-state index contributed by atoms with van der Waals surface area (Å²) in [5.41, 5.74) is 2.32. The molecule has 2 aromatic heterocycles. The second-order valence-electron chi connectivity index (χ2n) is 9.17. The van der Waals surface area contributed by atoms with E-state index in [4.69, 9.17) is 9.72 Å². The third-order valence-electron chi connectivity index (χ3n) is 6.94. The first-order chi connectivity index (χ1) is 14.4. The third kappa shape index (κ3) is 4.75. The molecule has 0 bridgehead atoms. The van der Waals surface area contributed by atoms with E-state index >= 15 is 0 Å². The van der Waals surface area contributed by atoms with Gasteiger partial charge in [-0.1, -0.05) is 25.3 Å². The molecule has 2 aromatic rings. The van der Waals surface area contributed by atoms with Crippen molar-refractivity contribution in [1.82, 2.24) is 9.97 Å². The highest BCUT2D eigenvalue weighted by Gasteiger charge is 2.48. The highest BCUT2D eigenvalue weighted by molar-refractivity contribution is 7.90. The molecule has 1 aliphatic carbocycles.